The van der Waals surface area contributed by atoms with Crippen molar-refractivity contribution in [3.63, 3.8) is 0 Å². The molecule has 2 rings (SSSR count). The van der Waals surface area contributed by atoms with E-state index in [2.05, 4.69) is 21.4 Å². The molecule has 0 spiro atoms. The molecular formula is C16H18N4O. The van der Waals surface area contributed by atoms with Crippen molar-refractivity contribution in [2.75, 3.05) is 11.9 Å². The van der Waals surface area contributed by atoms with Crippen LogP contribution < -0.4 is 10.1 Å². The van der Waals surface area contributed by atoms with Gasteiger partial charge in [0.25, 0.3) is 0 Å². The van der Waals surface area contributed by atoms with Gasteiger partial charge in [-0.2, -0.15) is 10.2 Å². The van der Waals surface area contributed by atoms with E-state index in [1.807, 2.05) is 20.8 Å². The Hall–Kier alpha value is -2.61. The molecule has 1 heterocycles. The number of anilines is 1. The van der Waals surface area contributed by atoms with Crippen molar-refractivity contribution < 1.29 is 4.74 Å². The van der Waals surface area contributed by atoms with Crippen LogP contribution in [-0.4, -0.2) is 16.5 Å². The van der Waals surface area contributed by atoms with Crippen molar-refractivity contribution in [2.45, 2.75) is 27.2 Å². The van der Waals surface area contributed by atoms with Crippen LogP contribution in [0, 0.1) is 18.3 Å². The van der Waals surface area contributed by atoms with Gasteiger partial charge in [-0.15, -0.1) is 0 Å². The van der Waals surface area contributed by atoms with Gasteiger partial charge in [-0.1, -0.05) is 6.92 Å². The largest absolute Gasteiger partial charge is 0.439 e. The normalized spacial score (nSPS) is 10.0. The number of ether oxygens (including phenoxy) is 1. The molecule has 108 valence electrons. The molecule has 0 aliphatic rings. The molecule has 1 N–H and O–H groups in total. The van der Waals surface area contributed by atoms with E-state index in [0.29, 0.717) is 17.2 Å². The molecule has 0 saturated carbocycles. The maximum atomic E-state index is 8.81. The summed E-state index contributed by atoms with van der Waals surface area (Å²) in [5.74, 6) is 2.73. The standard InChI is InChI=1S/C16H18N4O/c1-4-14-19-15(18-5-2)11(3)16(20-14)21-13-8-6-12(10-17)7-9-13/h6-9H,4-5H2,1-3H3,(H,18,19,20). The summed E-state index contributed by atoms with van der Waals surface area (Å²) < 4.78 is 5.84. The zero-order valence-electron chi connectivity index (χ0n) is 12.5. The van der Waals surface area contributed by atoms with Gasteiger partial charge in [-0.3, -0.25) is 0 Å². The summed E-state index contributed by atoms with van der Waals surface area (Å²) in [5.41, 5.74) is 1.47. The van der Waals surface area contributed by atoms with E-state index >= 15 is 0 Å². The van der Waals surface area contributed by atoms with E-state index < -0.39 is 0 Å². The Labute approximate surface area is 124 Å². The van der Waals surface area contributed by atoms with Gasteiger partial charge in [0, 0.05) is 13.0 Å². The van der Waals surface area contributed by atoms with E-state index in [9.17, 15) is 0 Å². The zero-order chi connectivity index (χ0) is 15.2. The minimum absolute atomic E-state index is 0.544. The Balaban J connectivity index is 2.33. The van der Waals surface area contributed by atoms with Gasteiger partial charge < -0.3 is 10.1 Å². The van der Waals surface area contributed by atoms with Crippen LogP contribution in [0.4, 0.5) is 5.82 Å². The lowest BCUT2D eigenvalue weighted by atomic mass is 10.2. The molecule has 5 nitrogen and oxygen atoms in total. The second-order valence-electron chi connectivity index (χ2n) is 4.54. The Bertz CT molecular complexity index is 659. The Kier molecular flexibility index (Phi) is 4.72. The molecule has 0 amide bonds. The minimum Gasteiger partial charge on any atom is -0.439 e. The first kappa shape index (κ1) is 14.8. The fourth-order valence-corrected chi connectivity index (χ4v) is 1.85. The Morgan fingerprint density at radius 1 is 1.19 bits per heavy atom. The quantitative estimate of drug-likeness (QED) is 0.909. The zero-order valence-corrected chi connectivity index (χ0v) is 12.5. The molecule has 2 aromatic rings. The highest BCUT2D eigenvalue weighted by atomic mass is 16.5. The third kappa shape index (κ3) is 3.48. The van der Waals surface area contributed by atoms with Crippen molar-refractivity contribution in [2.24, 2.45) is 0 Å². The lowest BCUT2D eigenvalue weighted by Crippen LogP contribution is -2.07. The molecular weight excluding hydrogens is 264 g/mol. The highest BCUT2D eigenvalue weighted by Crippen LogP contribution is 2.27. The van der Waals surface area contributed by atoms with Crippen molar-refractivity contribution in [3.8, 4) is 17.7 Å². The maximum Gasteiger partial charge on any atom is 0.227 e. The number of hydrogen-bond acceptors (Lipinski definition) is 5. The van der Waals surface area contributed by atoms with Gasteiger partial charge in [-0.25, -0.2) is 4.98 Å². The van der Waals surface area contributed by atoms with Crippen molar-refractivity contribution in [3.05, 3.63) is 41.2 Å². The molecule has 0 bridgehead atoms. The molecule has 5 heteroatoms. The maximum absolute atomic E-state index is 8.81. The average molecular weight is 282 g/mol. The van der Waals surface area contributed by atoms with Crippen LogP contribution in [0.15, 0.2) is 24.3 Å². The number of aryl methyl sites for hydroxylation is 1. The Morgan fingerprint density at radius 2 is 1.90 bits per heavy atom. The van der Waals surface area contributed by atoms with E-state index in [-0.39, 0.29) is 0 Å². The summed E-state index contributed by atoms with van der Waals surface area (Å²) in [6.07, 6.45) is 0.738. The third-order valence-corrected chi connectivity index (χ3v) is 3.01. The summed E-state index contributed by atoms with van der Waals surface area (Å²) in [5, 5.41) is 12.0. The summed E-state index contributed by atoms with van der Waals surface area (Å²) in [4.78, 5) is 8.90. The summed E-state index contributed by atoms with van der Waals surface area (Å²) in [6, 6.07) is 9.05. The fourth-order valence-electron chi connectivity index (χ4n) is 1.85. The number of nitrogens with zero attached hydrogens (tertiary/aromatic N) is 3. The van der Waals surface area contributed by atoms with Gasteiger partial charge in [0.1, 0.15) is 17.4 Å². The van der Waals surface area contributed by atoms with Crippen LogP contribution in [0.2, 0.25) is 0 Å². The first-order valence-electron chi connectivity index (χ1n) is 6.97. The minimum atomic E-state index is 0.544. The molecule has 0 unspecified atom stereocenters. The number of benzene rings is 1. The molecule has 0 saturated heterocycles. The SMILES string of the molecule is CCNc1nc(CC)nc(Oc2ccc(C#N)cc2)c1C. The molecule has 0 atom stereocenters. The van der Waals surface area contributed by atoms with Crippen molar-refractivity contribution >= 4 is 5.82 Å². The molecule has 21 heavy (non-hydrogen) atoms. The van der Waals surface area contributed by atoms with E-state index in [1.54, 1.807) is 24.3 Å². The molecule has 0 aliphatic heterocycles. The number of nitrogens with one attached hydrogen (secondary N) is 1. The molecule has 1 aromatic heterocycles. The molecule has 0 fully saturated rings. The first-order chi connectivity index (χ1) is 10.2. The van der Waals surface area contributed by atoms with Crippen LogP contribution in [0.5, 0.6) is 11.6 Å². The molecule has 1 aromatic carbocycles. The lowest BCUT2D eigenvalue weighted by Gasteiger charge is -2.13. The molecule has 0 radical (unpaired) electrons. The Morgan fingerprint density at radius 3 is 2.48 bits per heavy atom. The van der Waals surface area contributed by atoms with Crippen molar-refractivity contribution in [1.82, 2.24) is 9.97 Å². The predicted molar refractivity (Wildman–Crippen MR) is 81.5 cm³/mol. The van der Waals surface area contributed by atoms with Gasteiger partial charge in [0.05, 0.1) is 17.2 Å². The highest BCUT2D eigenvalue weighted by Gasteiger charge is 2.11. The summed E-state index contributed by atoms with van der Waals surface area (Å²) in [7, 11) is 0. The number of hydrogen-bond donors (Lipinski definition) is 1. The average Bonchev–Trinajstić information content (AvgIpc) is 2.52. The number of nitriles is 1. The highest BCUT2D eigenvalue weighted by molar-refractivity contribution is 5.49. The van der Waals surface area contributed by atoms with Crippen molar-refractivity contribution in [1.29, 1.82) is 5.26 Å². The number of aromatic nitrogens is 2. The summed E-state index contributed by atoms with van der Waals surface area (Å²) >= 11 is 0. The topological polar surface area (TPSA) is 70.8 Å². The van der Waals surface area contributed by atoms with Crippen LogP contribution in [0.1, 0.15) is 30.8 Å². The second kappa shape index (κ2) is 6.71. The van der Waals surface area contributed by atoms with E-state index in [0.717, 1.165) is 30.2 Å². The monoisotopic (exact) mass is 282 g/mol. The van der Waals surface area contributed by atoms with Gasteiger partial charge in [0.2, 0.25) is 5.88 Å². The van der Waals surface area contributed by atoms with Crippen LogP contribution >= 0.6 is 0 Å². The van der Waals surface area contributed by atoms with Gasteiger partial charge in [0.15, 0.2) is 0 Å². The second-order valence-corrected chi connectivity index (χ2v) is 4.54. The van der Waals surface area contributed by atoms with Crippen LogP contribution in [0.25, 0.3) is 0 Å². The first-order valence-corrected chi connectivity index (χ1v) is 6.97. The number of rotatable bonds is 5. The fraction of sp³-hybridized carbons (Fsp3) is 0.312. The van der Waals surface area contributed by atoms with E-state index in [4.69, 9.17) is 10.00 Å². The van der Waals surface area contributed by atoms with E-state index in [1.165, 1.54) is 0 Å². The third-order valence-electron chi connectivity index (χ3n) is 3.01. The molecule has 0 aliphatic carbocycles. The summed E-state index contributed by atoms with van der Waals surface area (Å²) in [6.45, 7) is 6.74. The van der Waals surface area contributed by atoms with Gasteiger partial charge >= 0.3 is 0 Å². The van der Waals surface area contributed by atoms with Gasteiger partial charge in [-0.05, 0) is 38.1 Å². The predicted octanol–water partition coefficient (Wildman–Crippen LogP) is 3.44. The smallest absolute Gasteiger partial charge is 0.227 e. The van der Waals surface area contributed by atoms with Crippen LogP contribution in [0.3, 0.4) is 0 Å². The lowest BCUT2D eigenvalue weighted by molar-refractivity contribution is 0.455. The van der Waals surface area contributed by atoms with Crippen LogP contribution in [-0.2, 0) is 6.42 Å².